The summed E-state index contributed by atoms with van der Waals surface area (Å²) in [6.45, 7) is 5.19. The van der Waals surface area contributed by atoms with Crippen molar-refractivity contribution in [1.82, 2.24) is 19.9 Å². The van der Waals surface area contributed by atoms with Crippen LogP contribution in [-0.2, 0) is 6.54 Å². The Kier molecular flexibility index (Phi) is 2.62. The van der Waals surface area contributed by atoms with Gasteiger partial charge in [0.2, 0.25) is 5.89 Å². The Morgan fingerprint density at radius 2 is 2.12 bits per heavy atom. The first-order chi connectivity index (χ1) is 7.99. The molecule has 0 aliphatic rings. The Morgan fingerprint density at radius 3 is 2.59 bits per heavy atom. The van der Waals surface area contributed by atoms with Crippen LogP contribution in [0.1, 0.15) is 23.1 Å². The predicted molar refractivity (Wildman–Crippen MR) is 56.5 cm³/mol. The molecular formula is C9H11N5O3. The van der Waals surface area contributed by atoms with Gasteiger partial charge in [-0.3, -0.25) is 14.8 Å². The smallest absolute Gasteiger partial charge is 0.312 e. The minimum absolute atomic E-state index is 0.0326. The quantitative estimate of drug-likeness (QED) is 0.586. The van der Waals surface area contributed by atoms with Gasteiger partial charge in [-0.1, -0.05) is 5.16 Å². The second-order valence-corrected chi connectivity index (χ2v) is 3.66. The highest BCUT2D eigenvalue weighted by Crippen LogP contribution is 2.22. The van der Waals surface area contributed by atoms with Crippen LogP contribution in [0.15, 0.2) is 4.52 Å². The van der Waals surface area contributed by atoms with E-state index in [9.17, 15) is 10.1 Å². The molecule has 0 bridgehead atoms. The van der Waals surface area contributed by atoms with Crippen LogP contribution in [0, 0.1) is 30.9 Å². The first kappa shape index (κ1) is 11.2. The largest absolute Gasteiger partial charge is 0.340 e. The van der Waals surface area contributed by atoms with Crippen LogP contribution in [0.4, 0.5) is 5.69 Å². The maximum Gasteiger partial charge on any atom is 0.312 e. The van der Waals surface area contributed by atoms with Crippen molar-refractivity contribution in [3.63, 3.8) is 0 Å². The average molecular weight is 237 g/mol. The predicted octanol–water partition coefficient (Wildman–Crippen LogP) is 1.15. The summed E-state index contributed by atoms with van der Waals surface area (Å²) in [5.41, 5.74) is 0.896. The lowest BCUT2D eigenvalue weighted by atomic mass is 10.3. The van der Waals surface area contributed by atoms with Crippen molar-refractivity contribution in [2.75, 3.05) is 0 Å². The summed E-state index contributed by atoms with van der Waals surface area (Å²) < 4.78 is 6.32. The molecule has 0 atom stereocenters. The molecule has 0 fully saturated rings. The van der Waals surface area contributed by atoms with Gasteiger partial charge in [-0.2, -0.15) is 10.1 Å². The lowest BCUT2D eigenvalue weighted by Crippen LogP contribution is -2.05. The van der Waals surface area contributed by atoms with E-state index in [4.69, 9.17) is 4.52 Å². The first-order valence-electron chi connectivity index (χ1n) is 4.96. The van der Waals surface area contributed by atoms with E-state index in [-0.39, 0.29) is 12.2 Å². The normalized spacial score (nSPS) is 10.8. The maximum absolute atomic E-state index is 10.8. The standard InChI is InChI=1S/C9H11N5O3/c1-5-9(14(15)16)6(2)13(11-5)4-8-10-7(3)17-12-8/h4H2,1-3H3. The number of hydrogen-bond donors (Lipinski definition) is 0. The van der Waals surface area contributed by atoms with Crippen LogP contribution < -0.4 is 0 Å². The highest BCUT2D eigenvalue weighted by atomic mass is 16.6. The topological polar surface area (TPSA) is 99.9 Å². The number of nitro groups is 1. The number of aryl methyl sites for hydroxylation is 2. The summed E-state index contributed by atoms with van der Waals surface area (Å²) in [5, 5.41) is 18.6. The molecule has 0 radical (unpaired) electrons. The number of aromatic nitrogens is 4. The van der Waals surface area contributed by atoms with E-state index >= 15 is 0 Å². The van der Waals surface area contributed by atoms with Crippen LogP contribution >= 0.6 is 0 Å². The summed E-state index contributed by atoms with van der Waals surface area (Å²) >= 11 is 0. The van der Waals surface area contributed by atoms with Crippen LogP contribution in [-0.4, -0.2) is 24.8 Å². The van der Waals surface area contributed by atoms with Gasteiger partial charge in [0.15, 0.2) is 5.82 Å². The van der Waals surface area contributed by atoms with Crippen LogP contribution in [0.3, 0.4) is 0 Å². The molecule has 0 N–H and O–H groups in total. The molecule has 2 heterocycles. The highest BCUT2D eigenvalue weighted by molar-refractivity contribution is 5.39. The molecule has 0 aliphatic carbocycles. The van der Waals surface area contributed by atoms with Gasteiger partial charge in [0.1, 0.15) is 17.9 Å². The number of hydrogen-bond acceptors (Lipinski definition) is 6. The molecule has 2 rings (SSSR count). The minimum Gasteiger partial charge on any atom is -0.340 e. The van der Waals surface area contributed by atoms with Crippen molar-refractivity contribution < 1.29 is 9.45 Å². The van der Waals surface area contributed by atoms with E-state index in [0.717, 1.165) is 0 Å². The Bertz CT molecular complexity index is 571. The van der Waals surface area contributed by atoms with Crippen LogP contribution in [0.2, 0.25) is 0 Å². The van der Waals surface area contributed by atoms with E-state index in [0.29, 0.717) is 23.1 Å². The van der Waals surface area contributed by atoms with E-state index < -0.39 is 4.92 Å². The third-order valence-corrected chi connectivity index (χ3v) is 2.39. The first-order valence-corrected chi connectivity index (χ1v) is 4.96. The lowest BCUT2D eigenvalue weighted by Gasteiger charge is -1.98. The molecule has 90 valence electrons. The van der Waals surface area contributed by atoms with Crippen molar-refractivity contribution in [3.05, 3.63) is 33.2 Å². The fraction of sp³-hybridized carbons (Fsp3) is 0.444. The van der Waals surface area contributed by atoms with E-state index in [2.05, 4.69) is 15.2 Å². The van der Waals surface area contributed by atoms with Crippen molar-refractivity contribution >= 4 is 5.69 Å². The van der Waals surface area contributed by atoms with Gasteiger partial charge in [0.05, 0.1) is 4.92 Å². The monoisotopic (exact) mass is 237 g/mol. The van der Waals surface area contributed by atoms with Crippen molar-refractivity contribution in [1.29, 1.82) is 0 Å². The van der Waals surface area contributed by atoms with Gasteiger partial charge in [0, 0.05) is 6.92 Å². The molecule has 0 aliphatic heterocycles. The van der Waals surface area contributed by atoms with Gasteiger partial charge >= 0.3 is 5.69 Å². The third kappa shape index (κ3) is 2.01. The molecule has 0 unspecified atom stereocenters. The maximum atomic E-state index is 10.8. The molecule has 2 aromatic heterocycles. The van der Waals surface area contributed by atoms with Crippen molar-refractivity contribution in [3.8, 4) is 0 Å². The summed E-state index contributed by atoms with van der Waals surface area (Å²) in [6.07, 6.45) is 0. The summed E-state index contributed by atoms with van der Waals surface area (Å²) in [7, 11) is 0. The van der Waals surface area contributed by atoms with Gasteiger partial charge in [0.25, 0.3) is 0 Å². The summed E-state index contributed by atoms with van der Waals surface area (Å²) in [4.78, 5) is 14.4. The summed E-state index contributed by atoms with van der Waals surface area (Å²) in [6, 6.07) is 0. The fourth-order valence-corrected chi connectivity index (χ4v) is 1.65. The molecule has 0 spiro atoms. The Balaban J connectivity index is 2.34. The Labute approximate surface area is 96.4 Å². The SMILES string of the molecule is Cc1nc(Cn2nc(C)c([N+](=O)[O-])c2C)no1. The Morgan fingerprint density at radius 1 is 1.41 bits per heavy atom. The molecule has 8 heteroatoms. The van der Waals surface area contributed by atoms with Gasteiger partial charge in [-0.25, -0.2) is 0 Å². The van der Waals surface area contributed by atoms with Crippen molar-refractivity contribution in [2.45, 2.75) is 27.3 Å². The molecule has 0 saturated carbocycles. The van der Waals surface area contributed by atoms with E-state index in [1.165, 1.54) is 4.68 Å². The zero-order valence-electron chi connectivity index (χ0n) is 9.67. The zero-order chi connectivity index (χ0) is 12.6. The molecular weight excluding hydrogens is 226 g/mol. The van der Waals surface area contributed by atoms with Crippen LogP contribution in [0.5, 0.6) is 0 Å². The molecule has 0 aromatic carbocycles. The molecule has 2 aromatic rings. The van der Waals surface area contributed by atoms with E-state index in [1.807, 2.05) is 0 Å². The lowest BCUT2D eigenvalue weighted by molar-refractivity contribution is -0.386. The molecule has 8 nitrogen and oxygen atoms in total. The number of rotatable bonds is 3. The number of nitrogens with zero attached hydrogens (tertiary/aromatic N) is 5. The minimum atomic E-state index is -0.435. The van der Waals surface area contributed by atoms with Gasteiger partial charge in [-0.15, -0.1) is 0 Å². The highest BCUT2D eigenvalue weighted by Gasteiger charge is 2.22. The molecule has 0 amide bonds. The van der Waals surface area contributed by atoms with Gasteiger partial charge in [-0.05, 0) is 13.8 Å². The average Bonchev–Trinajstić information content (AvgIpc) is 2.73. The fourth-order valence-electron chi connectivity index (χ4n) is 1.65. The molecule has 17 heavy (non-hydrogen) atoms. The second-order valence-electron chi connectivity index (χ2n) is 3.66. The second kappa shape index (κ2) is 3.96. The molecule has 0 saturated heterocycles. The van der Waals surface area contributed by atoms with Gasteiger partial charge < -0.3 is 4.52 Å². The third-order valence-electron chi connectivity index (χ3n) is 2.39. The van der Waals surface area contributed by atoms with Crippen molar-refractivity contribution in [2.24, 2.45) is 0 Å². The summed E-state index contributed by atoms with van der Waals surface area (Å²) in [5.74, 6) is 0.902. The van der Waals surface area contributed by atoms with Crippen LogP contribution in [0.25, 0.3) is 0 Å². The Hall–Kier alpha value is -2.25. The van der Waals surface area contributed by atoms with E-state index in [1.54, 1.807) is 20.8 Å². The zero-order valence-corrected chi connectivity index (χ0v) is 9.67.